The van der Waals surface area contributed by atoms with Gasteiger partial charge in [0.15, 0.2) is 5.58 Å². The van der Waals surface area contributed by atoms with E-state index in [1.165, 1.54) is 16.2 Å². The maximum absolute atomic E-state index is 6.07. The number of benzene rings is 7. The van der Waals surface area contributed by atoms with Gasteiger partial charge in [-0.3, -0.25) is 14.1 Å². The third-order valence-corrected chi connectivity index (χ3v) is 12.4. The van der Waals surface area contributed by atoms with Gasteiger partial charge in [-0.25, -0.2) is 9.97 Å². The zero-order chi connectivity index (χ0) is 41.4. The molecule has 6 heterocycles. The molecular formula is C57H35N5O. The number of nitrogens with zero attached hydrogens (tertiary/aromatic N) is 5. The molecule has 0 aliphatic heterocycles. The first-order valence-electron chi connectivity index (χ1n) is 21.2. The van der Waals surface area contributed by atoms with E-state index in [4.69, 9.17) is 14.4 Å². The summed E-state index contributed by atoms with van der Waals surface area (Å²) in [4.78, 5) is 15.3. The number of aromatic nitrogens is 5. The summed E-state index contributed by atoms with van der Waals surface area (Å²) in [5.74, 6) is 1.73. The van der Waals surface area contributed by atoms with Crippen molar-refractivity contribution in [1.82, 2.24) is 24.1 Å². The van der Waals surface area contributed by atoms with Crippen molar-refractivity contribution in [2.45, 2.75) is 0 Å². The van der Waals surface area contributed by atoms with E-state index in [1.54, 1.807) is 6.20 Å². The van der Waals surface area contributed by atoms with Crippen molar-refractivity contribution in [2.24, 2.45) is 0 Å². The Hall–Kier alpha value is -8.61. The average molecular weight is 806 g/mol. The van der Waals surface area contributed by atoms with Gasteiger partial charge in [-0.05, 0) is 107 Å². The Morgan fingerprint density at radius 3 is 1.78 bits per heavy atom. The zero-order valence-corrected chi connectivity index (χ0v) is 33.9. The minimum absolute atomic E-state index is 0.779. The minimum atomic E-state index is 0.779. The van der Waals surface area contributed by atoms with Gasteiger partial charge in [0, 0.05) is 44.3 Å². The second-order valence-corrected chi connectivity index (χ2v) is 16.0. The number of hydrogen-bond acceptors (Lipinski definition) is 4. The molecule has 0 saturated heterocycles. The third kappa shape index (κ3) is 5.69. The molecule has 6 nitrogen and oxygen atoms in total. The van der Waals surface area contributed by atoms with E-state index in [2.05, 4.69) is 196 Å². The normalized spacial score (nSPS) is 11.8. The SMILES string of the molecule is c1ccc(-c2cc(-c3ccccc3)nc(-n3c4ccccc4c4ccc(-c5ccc6c(c5)c5ccccc5n6-c5cccc(-c6ccc7oc8cccnc8c7c6)n5)cc43)c2)cc1. The fourth-order valence-corrected chi connectivity index (χ4v) is 9.45. The lowest BCUT2D eigenvalue weighted by Crippen LogP contribution is -2.00. The predicted molar refractivity (Wildman–Crippen MR) is 258 cm³/mol. The first-order chi connectivity index (χ1) is 31.2. The van der Waals surface area contributed by atoms with E-state index >= 15 is 0 Å². The quantitative estimate of drug-likeness (QED) is 0.168. The summed E-state index contributed by atoms with van der Waals surface area (Å²) >= 11 is 0. The number of pyridine rings is 3. The summed E-state index contributed by atoms with van der Waals surface area (Å²) in [6.45, 7) is 0. The second-order valence-electron chi connectivity index (χ2n) is 16.0. The summed E-state index contributed by atoms with van der Waals surface area (Å²) in [6.07, 6.45) is 1.81. The van der Waals surface area contributed by atoms with Crippen molar-refractivity contribution in [3.05, 3.63) is 212 Å². The van der Waals surface area contributed by atoms with Crippen LogP contribution in [-0.2, 0) is 0 Å². The highest BCUT2D eigenvalue weighted by molar-refractivity contribution is 6.12. The van der Waals surface area contributed by atoms with Crippen molar-refractivity contribution in [3.8, 4) is 56.4 Å². The van der Waals surface area contributed by atoms with Gasteiger partial charge in [0.1, 0.15) is 22.7 Å². The molecule has 0 fully saturated rings. The molecule has 0 radical (unpaired) electrons. The number of furan rings is 1. The summed E-state index contributed by atoms with van der Waals surface area (Å²) in [5, 5.41) is 5.69. The fraction of sp³-hybridized carbons (Fsp3) is 0. The van der Waals surface area contributed by atoms with Gasteiger partial charge in [-0.15, -0.1) is 0 Å². The Labute approximate surface area is 361 Å². The highest BCUT2D eigenvalue weighted by atomic mass is 16.3. The smallest absolute Gasteiger partial charge is 0.153 e. The van der Waals surface area contributed by atoms with Gasteiger partial charge < -0.3 is 4.42 Å². The molecule has 13 aromatic rings. The molecule has 7 aromatic carbocycles. The van der Waals surface area contributed by atoms with Gasteiger partial charge >= 0.3 is 0 Å². The highest BCUT2D eigenvalue weighted by Gasteiger charge is 2.19. The van der Waals surface area contributed by atoms with Crippen LogP contribution in [0.1, 0.15) is 0 Å². The number of fused-ring (bicyclic) bond motifs is 9. The molecule has 0 spiro atoms. The predicted octanol–water partition coefficient (Wildman–Crippen LogP) is 14.6. The van der Waals surface area contributed by atoms with Gasteiger partial charge in [0.05, 0.1) is 33.5 Å². The lowest BCUT2D eigenvalue weighted by Gasteiger charge is -2.13. The summed E-state index contributed by atoms with van der Waals surface area (Å²) < 4.78 is 10.7. The van der Waals surface area contributed by atoms with Crippen LogP contribution in [0.4, 0.5) is 0 Å². The van der Waals surface area contributed by atoms with Crippen LogP contribution in [0.25, 0.3) is 122 Å². The topological polar surface area (TPSA) is 61.7 Å². The van der Waals surface area contributed by atoms with Gasteiger partial charge in [0.2, 0.25) is 0 Å². The zero-order valence-electron chi connectivity index (χ0n) is 33.9. The van der Waals surface area contributed by atoms with Crippen molar-refractivity contribution in [1.29, 1.82) is 0 Å². The molecule has 6 heteroatoms. The van der Waals surface area contributed by atoms with Gasteiger partial charge in [-0.2, -0.15) is 0 Å². The van der Waals surface area contributed by atoms with Gasteiger partial charge in [0.25, 0.3) is 0 Å². The van der Waals surface area contributed by atoms with Crippen molar-refractivity contribution >= 4 is 65.7 Å². The van der Waals surface area contributed by atoms with Crippen LogP contribution in [0, 0.1) is 0 Å². The molecule has 63 heavy (non-hydrogen) atoms. The molecule has 0 amide bonds. The van der Waals surface area contributed by atoms with E-state index in [9.17, 15) is 0 Å². The Kier molecular flexibility index (Phi) is 7.80. The van der Waals surface area contributed by atoms with Crippen LogP contribution in [-0.4, -0.2) is 24.1 Å². The van der Waals surface area contributed by atoms with Crippen LogP contribution in [0.3, 0.4) is 0 Å². The molecule has 0 aliphatic rings. The summed E-state index contributed by atoms with van der Waals surface area (Å²) in [7, 11) is 0. The van der Waals surface area contributed by atoms with E-state index < -0.39 is 0 Å². The fourth-order valence-electron chi connectivity index (χ4n) is 9.45. The van der Waals surface area contributed by atoms with Crippen LogP contribution in [0.15, 0.2) is 217 Å². The minimum Gasteiger partial charge on any atom is -0.454 e. The monoisotopic (exact) mass is 805 g/mol. The third-order valence-electron chi connectivity index (χ3n) is 12.4. The number of hydrogen-bond donors (Lipinski definition) is 0. The molecule has 13 rings (SSSR count). The second kappa shape index (κ2) is 14.0. The molecule has 0 atom stereocenters. The van der Waals surface area contributed by atoms with Crippen LogP contribution >= 0.6 is 0 Å². The number of rotatable bonds is 6. The maximum Gasteiger partial charge on any atom is 0.153 e. The van der Waals surface area contributed by atoms with Crippen LogP contribution in [0.2, 0.25) is 0 Å². The average Bonchev–Trinajstić information content (AvgIpc) is 4.01. The molecule has 6 aromatic heterocycles. The molecule has 0 N–H and O–H groups in total. The molecule has 0 bridgehead atoms. The lowest BCUT2D eigenvalue weighted by atomic mass is 10.0. The van der Waals surface area contributed by atoms with E-state index in [-0.39, 0.29) is 0 Å². The Morgan fingerprint density at radius 1 is 0.317 bits per heavy atom. The summed E-state index contributed by atoms with van der Waals surface area (Å²) in [6, 6.07) is 72.7. The first-order valence-corrected chi connectivity index (χ1v) is 21.2. The first kappa shape index (κ1) is 35.2. The van der Waals surface area contributed by atoms with E-state index in [0.29, 0.717) is 0 Å². The summed E-state index contributed by atoms with van der Waals surface area (Å²) in [5.41, 5.74) is 15.3. The van der Waals surface area contributed by atoms with E-state index in [0.717, 1.165) is 106 Å². The molecule has 294 valence electrons. The Morgan fingerprint density at radius 2 is 0.952 bits per heavy atom. The van der Waals surface area contributed by atoms with Gasteiger partial charge in [-0.1, -0.05) is 121 Å². The standard InChI is InChI=1S/C57H35N5O/c1-3-13-36(14-4-1)41-33-48(37-15-5-2-6-16-37)60-56(35-41)62-49-20-9-7-17-42(49)44-27-24-39(34-52(44)62)38-25-28-51-45(31-38)43-18-8-10-21-50(43)61(51)55-23-11-19-47(59-55)40-26-29-53-46(32-40)57-54(63-53)22-12-30-58-57/h1-35H. The van der Waals surface area contributed by atoms with E-state index in [1.807, 2.05) is 24.3 Å². The van der Waals surface area contributed by atoms with Crippen molar-refractivity contribution in [2.75, 3.05) is 0 Å². The maximum atomic E-state index is 6.07. The van der Waals surface area contributed by atoms with Crippen molar-refractivity contribution < 1.29 is 4.42 Å². The molecule has 0 aliphatic carbocycles. The molecular weight excluding hydrogens is 771 g/mol. The molecule has 0 saturated carbocycles. The Balaban J connectivity index is 0.961. The Bertz CT molecular complexity index is 3860. The molecule has 0 unspecified atom stereocenters. The largest absolute Gasteiger partial charge is 0.454 e. The number of para-hydroxylation sites is 2. The van der Waals surface area contributed by atoms with Crippen LogP contribution in [0.5, 0.6) is 0 Å². The lowest BCUT2D eigenvalue weighted by molar-refractivity contribution is 0.668. The van der Waals surface area contributed by atoms with Crippen LogP contribution < -0.4 is 0 Å². The highest BCUT2D eigenvalue weighted by Crippen LogP contribution is 2.39. The van der Waals surface area contributed by atoms with Crippen molar-refractivity contribution in [3.63, 3.8) is 0 Å².